The number of hydrogen-bond donors (Lipinski definition) is 0. The Balaban J connectivity index is 1.38. The molecule has 0 spiro atoms. The predicted molar refractivity (Wildman–Crippen MR) is 117 cm³/mol. The first-order valence-corrected chi connectivity index (χ1v) is 10.3. The van der Waals surface area contributed by atoms with Gasteiger partial charge in [0.2, 0.25) is 0 Å². The van der Waals surface area contributed by atoms with Gasteiger partial charge in [-0.1, -0.05) is 24.3 Å². The van der Waals surface area contributed by atoms with E-state index in [1.165, 1.54) is 0 Å². The molecule has 1 saturated carbocycles. The number of benzene rings is 2. The Bertz CT molecular complexity index is 896. The molecule has 30 heavy (non-hydrogen) atoms. The van der Waals surface area contributed by atoms with Gasteiger partial charge in [0.05, 0.1) is 22.7 Å². The predicted octanol–water partition coefficient (Wildman–Crippen LogP) is 1.55. The van der Waals surface area contributed by atoms with Gasteiger partial charge in [-0.2, -0.15) is 0 Å². The molecule has 5 rings (SSSR count). The van der Waals surface area contributed by atoms with E-state index in [0.29, 0.717) is 0 Å². The minimum absolute atomic E-state index is 0.527. The zero-order valence-corrected chi connectivity index (χ0v) is 17.7. The first kappa shape index (κ1) is 19.0. The number of nitrogens with zero attached hydrogens (tertiary/aromatic N) is 4. The van der Waals surface area contributed by atoms with Gasteiger partial charge in [0.25, 0.3) is 0 Å². The Kier molecular flexibility index (Phi) is 4.31. The van der Waals surface area contributed by atoms with Gasteiger partial charge in [-0.3, -0.25) is 0 Å². The SMILES string of the molecule is CN1C(=CC2C([O-])C(C=C3N(C)c4ccccc4N3C)C2[O-])N(C)c2ccccc21. The van der Waals surface area contributed by atoms with Crippen molar-refractivity contribution in [1.82, 2.24) is 0 Å². The molecule has 156 valence electrons. The van der Waals surface area contributed by atoms with Gasteiger partial charge in [0.1, 0.15) is 11.6 Å². The van der Waals surface area contributed by atoms with Crippen LogP contribution in [0.3, 0.4) is 0 Å². The van der Waals surface area contributed by atoms with Crippen molar-refractivity contribution in [2.24, 2.45) is 11.8 Å². The molecule has 0 amide bonds. The molecule has 0 saturated heterocycles. The lowest BCUT2D eigenvalue weighted by Gasteiger charge is -2.59. The number of para-hydroxylation sites is 4. The molecule has 2 heterocycles. The summed E-state index contributed by atoms with van der Waals surface area (Å²) in [6.07, 6.45) is 1.87. The molecule has 0 aromatic heterocycles. The smallest absolute Gasteiger partial charge is 0.109 e. The molecule has 0 unspecified atom stereocenters. The van der Waals surface area contributed by atoms with Crippen molar-refractivity contribution in [3.05, 3.63) is 72.3 Å². The maximum Gasteiger partial charge on any atom is 0.109 e. The molecule has 3 aliphatic rings. The van der Waals surface area contributed by atoms with E-state index in [2.05, 4.69) is 19.6 Å². The molecule has 6 nitrogen and oxygen atoms in total. The highest BCUT2D eigenvalue weighted by Gasteiger charge is 2.38. The van der Waals surface area contributed by atoms with Crippen LogP contribution in [0.2, 0.25) is 0 Å². The first-order chi connectivity index (χ1) is 14.4. The van der Waals surface area contributed by atoms with E-state index in [4.69, 9.17) is 0 Å². The van der Waals surface area contributed by atoms with E-state index in [1.54, 1.807) is 0 Å². The van der Waals surface area contributed by atoms with Crippen LogP contribution < -0.4 is 29.8 Å². The zero-order valence-electron chi connectivity index (χ0n) is 17.7. The summed E-state index contributed by atoms with van der Waals surface area (Å²) < 4.78 is 0. The summed E-state index contributed by atoms with van der Waals surface area (Å²) in [5.41, 5.74) is 4.34. The summed E-state index contributed by atoms with van der Waals surface area (Å²) in [6.45, 7) is 0. The van der Waals surface area contributed by atoms with E-state index >= 15 is 0 Å². The van der Waals surface area contributed by atoms with E-state index in [0.717, 1.165) is 34.4 Å². The fourth-order valence-corrected chi connectivity index (χ4v) is 4.92. The van der Waals surface area contributed by atoms with Crippen molar-refractivity contribution >= 4 is 22.7 Å². The van der Waals surface area contributed by atoms with Gasteiger partial charge in [0.15, 0.2) is 0 Å². The second-order valence-electron chi connectivity index (χ2n) is 8.35. The van der Waals surface area contributed by atoms with Crippen LogP contribution in [-0.4, -0.2) is 40.4 Å². The lowest BCUT2D eigenvalue weighted by molar-refractivity contribution is -0.550. The number of hydrogen-bond acceptors (Lipinski definition) is 6. The third kappa shape index (κ3) is 2.57. The molecular formula is C24H26N4O2-2. The van der Waals surface area contributed by atoms with Crippen LogP contribution in [0.1, 0.15) is 0 Å². The lowest BCUT2D eigenvalue weighted by atomic mass is 9.68. The van der Waals surface area contributed by atoms with Gasteiger partial charge in [0, 0.05) is 28.2 Å². The fourth-order valence-electron chi connectivity index (χ4n) is 4.92. The Morgan fingerprint density at radius 3 is 1.10 bits per heavy atom. The summed E-state index contributed by atoms with van der Waals surface area (Å²) in [5.74, 6) is 0.744. The topological polar surface area (TPSA) is 59.1 Å². The Labute approximate surface area is 177 Å². The van der Waals surface area contributed by atoms with Crippen LogP contribution in [0.25, 0.3) is 0 Å². The molecule has 2 aliphatic heterocycles. The number of anilines is 4. The van der Waals surface area contributed by atoms with E-state index in [9.17, 15) is 10.2 Å². The van der Waals surface area contributed by atoms with Crippen molar-refractivity contribution < 1.29 is 10.2 Å². The van der Waals surface area contributed by atoms with Crippen molar-refractivity contribution in [1.29, 1.82) is 0 Å². The van der Waals surface area contributed by atoms with Crippen LogP contribution in [0.5, 0.6) is 0 Å². The summed E-state index contributed by atoms with van der Waals surface area (Å²) in [6, 6.07) is 16.2. The van der Waals surface area contributed by atoms with Crippen LogP contribution in [0.15, 0.2) is 72.3 Å². The molecule has 2 aromatic carbocycles. The van der Waals surface area contributed by atoms with Crippen LogP contribution in [0.4, 0.5) is 22.7 Å². The molecule has 0 atom stereocenters. The second-order valence-corrected chi connectivity index (χ2v) is 8.35. The van der Waals surface area contributed by atoms with Crippen molar-refractivity contribution in [3.63, 3.8) is 0 Å². The van der Waals surface area contributed by atoms with Crippen molar-refractivity contribution in [2.45, 2.75) is 12.2 Å². The number of rotatable bonds is 2. The highest BCUT2D eigenvalue weighted by atomic mass is 16.3. The van der Waals surface area contributed by atoms with Crippen LogP contribution >= 0.6 is 0 Å². The highest BCUT2D eigenvalue weighted by Crippen LogP contribution is 2.44. The average molecular weight is 402 g/mol. The molecule has 0 bridgehead atoms. The monoisotopic (exact) mass is 402 g/mol. The molecule has 1 fully saturated rings. The van der Waals surface area contributed by atoms with Gasteiger partial charge >= 0.3 is 0 Å². The summed E-state index contributed by atoms with van der Waals surface area (Å²) in [4.78, 5) is 8.21. The summed E-state index contributed by atoms with van der Waals surface area (Å²) in [7, 11) is 7.91. The van der Waals surface area contributed by atoms with Gasteiger partial charge in [-0.05, 0) is 48.3 Å². The van der Waals surface area contributed by atoms with E-state index in [1.807, 2.05) is 88.9 Å². The first-order valence-electron chi connectivity index (χ1n) is 10.3. The minimum Gasteiger partial charge on any atom is -0.851 e. The van der Waals surface area contributed by atoms with Crippen LogP contribution in [0, 0.1) is 11.8 Å². The molecule has 0 radical (unpaired) electrons. The fraction of sp³-hybridized carbons (Fsp3) is 0.333. The zero-order chi connectivity index (χ0) is 21.2. The standard InChI is InChI=1S/C24H26N4O2/c1-25-17-9-5-6-10-18(17)26(2)21(25)13-15-23(29)16(24(15)30)14-22-27(3)19-11-7-8-12-20(19)28(22)4/h5-16,23-24H,1-4H3/q-2. The maximum atomic E-state index is 13.0. The van der Waals surface area contributed by atoms with Gasteiger partial charge in [-0.25, -0.2) is 0 Å². The average Bonchev–Trinajstić information content (AvgIpc) is 3.15. The summed E-state index contributed by atoms with van der Waals surface area (Å²) in [5, 5.41) is 26.1. The largest absolute Gasteiger partial charge is 0.851 e. The minimum atomic E-state index is -0.941. The molecule has 6 heteroatoms. The third-order valence-electron chi connectivity index (χ3n) is 6.78. The quantitative estimate of drug-likeness (QED) is 0.760. The third-order valence-corrected chi connectivity index (χ3v) is 6.78. The Morgan fingerprint density at radius 2 is 0.833 bits per heavy atom. The van der Waals surface area contributed by atoms with Gasteiger partial charge in [-0.15, -0.1) is 12.2 Å². The van der Waals surface area contributed by atoms with Crippen molar-refractivity contribution in [3.8, 4) is 0 Å². The van der Waals surface area contributed by atoms with E-state index < -0.39 is 24.0 Å². The molecular weight excluding hydrogens is 376 g/mol. The lowest BCUT2D eigenvalue weighted by Crippen LogP contribution is -2.66. The normalized spacial score (nSPS) is 27.3. The van der Waals surface area contributed by atoms with Crippen LogP contribution in [-0.2, 0) is 0 Å². The molecule has 0 N–H and O–H groups in total. The Morgan fingerprint density at radius 1 is 0.567 bits per heavy atom. The molecule has 2 aromatic rings. The van der Waals surface area contributed by atoms with Gasteiger partial charge < -0.3 is 29.8 Å². The maximum absolute atomic E-state index is 13.0. The Hall–Kier alpha value is -2.96. The number of fused-ring (bicyclic) bond motifs is 2. The van der Waals surface area contributed by atoms with Crippen molar-refractivity contribution in [2.75, 3.05) is 47.8 Å². The second kappa shape index (κ2) is 6.79. The highest BCUT2D eigenvalue weighted by molar-refractivity contribution is 5.82. The molecule has 1 aliphatic carbocycles. The summed E-state index contributed by atoms with van der Waals surface area (Å²) >= 11 is 0. The van der Waals surface area contributed by atoms with E-state index in [-0.39, 0.29) is 0 Å².